The lowest BCUT2D eigenvalue weighted by Gasteiger charge is -2.28. The van der Waals surface area contributed by atoms with Crippen LogP contribution in [0.5, 0.6) is 0 Å². The van der Waals surface area contributed by atoms with Gasteiger partial charge < -0.3 is 15.2 Å². The van der Waals surface area contributed by atoms with Crippen molar-refractivity contribution in [2.24, 2.45) is 0 Å². The van der Waals surface area contributed by atoms with Crippen LogP contribution in [0.2, 0.25) is 5.02 Å². The molecule has 0 aliphatic carbocycles. The predicted octanol–water partition coefficient (Wildman–Crippen LogP) is 5.30. The highest BCUT2D eigenvalue weighted by molar-refractivity contribution is 6.31. The summed E-state index contributed by atoms with van der Waals surface area (Å²) in [6, 6.07) is 13.9. The van der Waals surface area contributed by atoms with Crippen LogP contribution < -0.4 is 10.2 Å². The van der Waals surface area contributed by atoms with Crippen LogP contribution >= 0.6 is 11.6 Å². The fourth-order valence-electron chi connectivity index (χ4n) is 3.86. The van der Waals surface area contributed by atoms with E-state index >= 15 is 0 Å². The van der Waals surface area contributed by atoms with Crippen LogP contribution in [0.15, 0.2) is 42.5 Å². The lowest BCUT2D eigenvalue weighted by atomic mass is 10.1. The molecule has 2 N–H and O–H groups in total. The predicted molar refractivity (Wildman–Crippen MR) is 113 cm³/mol. The van der Waals surface area contributed by atoms with E-state index in [9.17, 15) is 4.79 Å². The molecule has 140 valence electrons. The SMILES string of the molecule is Cc1[nH]c2ccc(Cl)cc2c1CC(=O)Nc1ccc(N2CCCCC2)cc1. The van der Waals surface area contributed by atoms with Crippen LogP contribution in [0.3, 0.4) is 0 Å². The Kier molecular flexibility index (Phi) is 5.08. The zero-order valence-electron chi connectivity index (χ0n) is 15.5. The number of aryl methyl sites for hydroxylation is 1. The van der Waals surface area contributed by atoms with Crippen molar-refractivity contribution < 1.29 is 4.79 Å². The summed E-state index contributed by atoms with van der Waals surface area (Å²) >= 11 is 6.13. The molecule has 27 heavy (non-hydrogen) atoms. The number of nitrogens with zero attached hydrogens (tertiary/aromatic N) is 1. The number of halogens is 1. The lowest BCUT2D eigenvalue weighted by molar-refractivity contribution is -0.115. The number of piperidine rings is 1. The molecule has 0 spiro atoms. The summed E-state index contributed by atoms with van der Waals surface area (Å²) in [6.45, 7) is 4.23. The van der Waals surface area contributed by atoms with Gasteiger partial charge >= 0.3 is 0 Å². The molecule has 1 fully saturated rings. The molecule has 1 amide bonds. The van der Waals surface area contributed by atoms with Crippen LogP contribution in [0.1, 0.15) is 30.5 Å². The van der Waals surface area contributed by atoms with Crippen molar-refractivity contribution in [1.82, 2.24) is 4.98 Å². The van der Waals surface area contributed by atoms with E-state index in [1.54, 1.807) is 0 Å². The number of rotatable bonds is 4. The molecule has 1 aromatic heterocycles. The number of carbonyl (C=O) groups excluding carboxylic acids is 1. The molecular formula is C22H24ClN3O. The van der Waals surface area contributed by atoms with E-state index in [0.717, 1.165) is 40.9 Å². The molecule has 0 saturated carbocycles. The minimum Gasteiger partial charge on any atom is -0.372 e. The molecule has 1 saturated heterocycles. The molecule has 1 aliphatic rings. The third-order valence-corrected chi connectivity index (χ3v) is 5.53. The smallest absolute Gasteiger partial charge is 0.228 e. The molecule has 3 aromatic rings. The summed E-state index contributed by atoms with van der Waals surface area (Å²) in [5.41, 5.74) is 5.06. The highest BCUT2D eigenvalue weighted by Crippen LogP contribution is 2.26. The molecule has 0 bridgehead atoms. The standard InChI is InChI=1S/C22H24ClN3O/c1-15-19(20-13-16(23)5-10-21(20)24-15)14-22(27)25-17-6-8-18(9-7-17)26-11-3-2-4-12-26/h5-10,13,24H,2-4,11-12,14H2,1H3,(H,25,27). The van der Waals surface area contributed by atoms with Gasteiger partial charge in [0.15, 0.2) is 0 Å². The molecule has 4 nitrogen and oxygen atoms in total. The first-order valence-electron chi connectivity index (χ1n) is 9.52. The van der Waals surface area contributed by atoms with Gasteiger partial charge in [-0.25, -0.2) is 0 Å². The van der Waals surface area contributed by atoms with E-state index in [1.165, 1.54) is 24.9 Å². The fourth-order valence-corrected chi connectivity index (χ4v) is 4.03. The Bertz CT molecular complexity index is 956. The Labute approximate surface area is 164 Å². The number of H-pyrrole nitrogens is 1. The summed E-state index contributed by atoms with van der Waals surface area (Å²) in [7, 11) is 0. The number of amides is 1. The van der Waals surface area contributed by atoms with Gasteiger partial charge in [-0.3, -0.25) is 4.79 Å². The number of aromatic amines is 1. The van der Waals surface area contributed by atoms with Gasteiger partial charge in [-0.1, -0.05) is 11.6 Å². The maximum atomic E-state index is 12.6. The molecule has 0 atom stereocenters. The van der Waals surface area contributed by atoms with Crippen LogP contribution in [0.25, 0.3) is 10.9 Å². The van der Waals surface area contributed by atoms with Crippen LogP contribution in [0.4, 0.5) is 11.4 Å². The van der Waals surface area contributed by atoms with Gasteiger partial charge in [0.2, 0.25) is 5.91 Å². The van der Waals surface area contributed by atoms with Gasteiger partial charge in [-0.05, 0) is 74.2 Å². The number of aromatic nitrogens is 1. The van der Waals surface area contributed by atoms with Gasteiger partial charge in [0.05, 0.1) is 6.42 Å². The summed E-state index contributed by atoms with van der Waals surface area (Å²) in [6.07, 6.45) is 4.15. The quantitative estimate of drug-likeness (QED) is 0.644. The van der Waals surface area contributed by atoms with Crippen molar-refractivity contribution in [2.45, 2.75) is 32.6 Å². The Morgan fingerprint density at radius 1 is 1.11 bits per heavy atom. The van der Waals surface area contributed by atoms with Crippen molar-refractivity contribution >= 4 is 39.8 Å². The Morgan fingerprint density at radius 2 is 1.85 bits per heavy atom. The minimum atomic E-state index is -0.0234. The zero-order valence-corrected chi connectivity index (χ0v) is 16.3. The van der Waals surface area contributed by atoms with E-state index in [2.05, 4.69) is 27.3 Å². The minimum absolute atomic E-state index is 0.0234. The third kappa shape index (κ3) is 3.96. The number of hydrogen-bond donors (Lipinski definition) is 2. The normalized spacial score (nSPS) is 14.5. The molecule has 2 aromatic carbocycles. The van der Waals surface area contributed by atoms with Crippen LogP contribution in [0, 0.1) is 6.92 Å². The summed E-state index contributed by atoms with van der Waals surface area (Å²) < 4.78 is 0. The molecule has 4 rings (SSSR count). The highest BCUT2D eigenvalue weighted by Gasteiger charge is 2.14. The maximum Gasteiger partial charge on any atom is 0.228 e. The number of fused-ring (bicyclic) bond motifs is 1. The lowest BCUT2D eigenvalue weighted by Crippen LogP contribution is -2.29. The summed E-state index contributed by atoms with van der Waals surface area (Å²) in [4.78, 5) is 18.3. The van der Waals surface area contributed by atoms with E-state index in [4.69, 9.17) is 11.6 Å². The van der Waals surface area contributed by atoms with Crippen molar-refractivity contribution in [1.29, 1.82) is 0 Å². The topological polar surface area (TPSA) is 48.1 Å². The van der Waals surface area contributed by atoms with Crippen molar-refractivity contribution in [2.75, 3.05) is 23.3 Å². The maximum absolute atomic E-state index is 12.6. The van der Waals surface area contributed by atoms with Crippen molar-refractivity contribution in [3.8, 4) is 0 Å². The summed E-state index contributed by atoms with van der Waals surface area (Å²) in [5.74, 6) is -0.0234. The van der Waals surface area contributed by atoms with Gasteiger partial charge in [0, 0.05) is 46.1 Å². The van der Waals surface area contributed by atoms with Gasteiger partial charge in [0.25, 0.3) is 0 Å². The van der Waals surface area contributed by atoms with E-state index in [-0.39, 0.29) is 5.91 Å². The molecular weight excluding hydrogens is 358 g/mol. The molecule has 0 radical (unpaired) electrons. The average Bonchev–Trinajstić information content (AvgIpc) is 2.98. The van der Waals surface area contributed by atoms with E-state index in [1.807, 2.05) is 37.3 Å². The second kappa shape index (κ2) is 7.65. The van der Waals surface area contributed by atoms with Crippen molar-refractivity contribution in [3.05, 3.63) is 58.7 Å². The highest BCUT2D eigenvalue weighted by atomic mass is 35.5. The second-order valence-corrected chi connectivity index (χ2v) is 7.67. The number of nitrogens with one attached hydrogen (secondary N) is 2. The van der Waals surface area contributed by atoms with Gasteiger partial charge in [0.1, 0.15) is 0 Å². The fraction of sp³-hybridized carbons (Fsp3) is 0.318. The Hall–Kier alpha value is -2.46. The Morgan fingerprint density at radius 3 is 2.59 bits per heavy atom. The van der Waals surface area contributed by atoms with Gasteiger partial charge in [-0.2, -0.15) is 0 Å². The number of hydrogen-bond acceptors (Lipinski definition) is 2. The first-order valence-corrected chi connectivity index (χ1v) is 9.89. The molecule has 0 unspecified atom stereocenters. The third-order valence-electron chi connectivity index (χ3n) is 5.29. The van der Waals surface area contributed by atoms with E-state index < -0.39 is 0 Å². The molecule has 5 heteroatoms. The zero-order chi connectivity index (χ0) is 18.8. The van der Waals surface area contributed by atoms with E-state index in [0.29, 0.717) is 11.4 Å². The van der Waals surface area contributed by atoms with Crippen molar-refractivity contribution in [3.63, 3.8) is 0 Å². The number of anilines is 2. The van der Waals surface area contributed by atoms with Crippen LogP contribution in [-0.4, -0.2) is 24.0 Å². The summed E-state index contributed by atoms with van der Waals surface area (Å²) in [5, 5.41) is 4.70. The van der Waals surface area contributed by atoms with Crippen LogP contribution in [-0.2, 0) is 11.2 Å². The molecule has 1 aliphatic heterocycles. The average molecular weight is 382 g/mol. The monoisotopic (exact) mass is 381 g/mol. The first-order chi connectivity index (χ1) is 13.1. The van der Waals surface area contributed by atoms with Gasteiger partial charge in [-0.15, -0.1) is 0 Å². The molecule has 2 heterocycles. The number of benzene rings is 2. The largest absolute Gasteiger partial charge is 0.372 e. The number of carbonyl (C=O) groups is 1. The Balaban J connectivity index is 1.45. The second-order valence-electron chi connectivity index (χ2n) is 7.24. The first kappa shape index (κ1) is 17.9.